The normalized spacial score (nSPS) is 14.5. The Labute approximate surface area is 172 Å². The van der Waals surface area contributed by atoms with Crippen LogP contribution in [0.3, 0.4) is 0 Å². The van der Waals surface area contributed by atoms with Crippen molar-refractivity contribution in [3.05, 3.63) is 76.8 Å². The summed E-state index contributed by atoms with van der Waals surface area (Å²) in [6.07, 6.45) is 0.795. The largest absolute Gasteiger partial charge is 0.446 e. The Morgan fingerprint density at radius 2 is 1.63 bits per heavy atom. The lowest BCUT2D eigenvalue weighted by Gasteiger charge is -2.23. The number of amides is 1. The van der Waals surface area contributed by atoms with Crippen LogP contribution in [0.5, 0.6) is 0 Å². The number of carbonyl (C=O) groups is 2. The van der Waals surface area contributed by atoms with Crippen molar-refractivity contribution in [1.29, 1.82) is 0 Å². The molecule has 1 aromatic heterocycles. The van der Waals surface area contributed by atoms with E-state index in [1.54, 1.807) is 53.4 Å². The van der Waals surface area contributed by atoms with Gasteiger partial charge in [-0.25, -0.2) is 4.79 Å². The molecule has 0 bridgehead atoms. The van der Waals surface area contributed by atoms with Crippen molar-refractivity contribution >= 4 is 11.9 Å². The number of hydrogen-bond donors (Lipinski definition) is 0. The average molecular weight is 407 g/mol. The molecule has 0 spiro atoms. The predicted octanol–water partition coefficient (Wildman–Crippen LogP) is 2.41. The fourth-order valence-electron chi connectivity index (χ4n) is 3.39. The molecule has 2 heterocycles. The molecule has 1 aliphatic rings. The molecule has 1 aliphatic heterocycles. The van der Waals surface area contributed by atoms with Gasteiger partial charge in [0.2, 0.25) is 12.0 Å². The Bertz CT molecular complexity index is 1070. The monoisotopic (exact) mass is 407 g/mol. The van der Waals surface area contributed by atoms with Crippen molar-refractivity contribution in [1.82, 2.24) is 14.7 Å². The lowest BCUT2D eigenvalue weighted by atomic mass is 10.1. The SMILES string of the molecule is O=C(Cn1nc(-c2ccccc2)oc1=O)O[C@@H](C(=O)N1CCCC1)c1ccccc1. The van der Waals surface area contributed by atoms with Crippen molar-refractivity contribution in [3.8, 4) is 11.5 Å². The molecule has 0 aliphatic carbocycles. The smallest absolute Gasteiger partial charge is 0.437 e. The van der Waals surface area contributed by atoms with E-state index in [1.807, 2.05) is 12.1 Å². The molecule has 8 nitrogen and oxygen atoms in total. The lowest BCUT2D eigenvalue weighted by Crippen LogP contribution is -2.35. The molecule has 30 heavy (non-hydrogen) atoms. The van der Waals surface area contributed by atoms with Gasteiger partial charge in [0.05, 0.1) is 0 Å². The number of rotatable bonds is 6. The van der Waals surface area contributed by atoms with E-state index in [9.17, 15) is 14.4 Å². The molecule has 4 rings (SSSR count). The van der Waals surface area contributed by atoms with Crippen LogP contribution in [-0.2, 0) is 20.9 Å². The number of ether oxygens (including phenoxy) is 1. The van der Waals surface area contributed by atoms with Gasteiger partial charge in [-0.3, -0.25) is 9.59 Å². The lowest BCUT2D eigenvalue weighted by molar-refractivity contribution is -0.161. The number of benzene rings is 2. The highest BCUT2D eigenvalue weighted by molar-refractivity contribution is 5.85. The van der Waals surface area contributed by atoms with Gasteiger partial charge in [-0.2, -0.15) is 4.68 Å². The van der Waals surface area contributed by atoms with Crippen molar-refractivity contribution < 1.29 is 18.7 Å². The molecule has 8 heteroatoms. The standard InChI is InChI=1S/C22H21N3O5/c26-18(15-25-22(28)30-20(23-25)17-11-5-2-6-12-17)29-19(16-9-3-1-4-10-16)21(27)24-13-7-8-14-24/h1-6,9-12,19H,7-8,13-15H2/t19-/m1/s1. The van der Waals surface area contributed by atoms with Crippen molar-refractivity contribution in [2.45, 2.75) is 25.5 Å². The van der Waals surface area contributed by atoms with E-state index in [0.717, 1.165) is 17.5 Å². The van der Waals surface area contributed by atoms with Crippen molar-refractivity contribution in [2.75, 3.05) is 13.1 Å². The van der Waals surface area contributed by atoms with E-state index in [1.165, 1.54) is 0 Å². The summed E-state index contributed by atoms with van der Waals surface area (Å²) in [5, 5.41) is 4.06. The van der Waals surface area contributed by atoms with Crippen LogP contribution in [0.1, 0.15) is 24.5 Å². The first-order valence-electron chi connectivity index (χ1n) is 9.78. The first-order chi connectivity index (χ1) is 14.6. The summed E-state index contributed by atoms with van der Waals surface area (Å²) in [4.78, 5) is 39.3. The molecule has 3 aromatic rings. The van der Waals surface area contributed by atoms with Gasteiger partial charge < -0.3 is 14.1 Å². The van der Waals surface area contributed by atoms with Crippen LogP contribution in [0, 0.1) is 0 Å². The molecule has 1 saturated heterocycles. The van der Waals surface area contributed by atoms with Crippen LogP contribution in [0.15, 0.2) is 69.9 Å². The first-order valence-corrected chi connectivity index (χ1v) is 9.78. The molecular weight excluding hydrogens is 386 g/mol. The minimum absolute atomic E-state index is 0.112. The van der Waals surface area contributed by atoms with Crippen LogP contribution in [0.2, 0.25) is 0 Å². The highest BCUT2D eigenvalue weighted by Gasteiger charge is 2.31. The number of esters is 1. The minimum atomic E-state index is -1.06. The second-order valence-corrected chi connectivity index (χ2v) is 7.01. The van der Waals surface area contributed by atoms with E-state index in [0.29, 0.717) is 24.2 Å². The molecule has 1 amide bonds. The molecule has 2 aromatic carbocycles. The quantitative estimate of drug-likeness (QED) is 0.583. The van der Waals surface area contributed by atoms with Gasteiger partial charge in [-0.05, 0) is 25.0 Å². The van der Waals surface area contributed by atoms with Gasteiger partial charge in [-0.1, -0.05) is 48.5 Å². The Kier molecular flexibility index (Phi) is 5.74. The third kappa shape index (κ3) is 4.32. The van der Waals surface area contributed by atoms with Gasteiger partial charge in [0.25, 0.3) is 5.91 Å². The van der Waals surface area contributed by atoms with Gasteiger partial charge >= 0.3 is 11.7 Å². The van der Waals surface area contributed by atoms with Crippen LogP contribution < -0.4 is 5.76 Å². The first kappa shape index (κ1) is 19.6. The van der Waals surface area contributed by atoms with Crippen LogP contribution in [0.25, 0.3) is 11.5 Å². The van der Waals surface area contributed by atoms with Crippen molar-refractivity contribution in [3.63, 3.8) is 0 Å². The van der Waals surface area contributed by atoms with Crippen LogP contribution >= 0.6 is 0 Å². The number of aromatic nitrogens is 2. The summed E-state index contributed by atoms with van der Waals surface area (Å²) in [6, 6.07) is 17.8. The maximum absolute atomic E-state index is 12.9. The van der Waals surface area contributed by atoms with E-state index in [-0.39, 0.29) is 11.8 Å². The van der Waals surface area contributed by atoms with Crippen molar-refractivity contribution in [2.24, 2.45) is 0 Å². The molecule has 0 unspecified atom stereocenters. The van der Waals surface area contributed by atoms with E-state index >= 15 is 0 Å². The maximum Gasteiger partial charge on any atom is 0.437 e. The van der Waals surface area contributed by atoms with E-state index < -0.39 is 24.4 Å². The molecule has 0 saturated carbocycles. The fourth-order valence-corrected chi connectivity index (χ4v) is 3.39. The van der Waals surface area contributed by atoms with Gasteiger partial charge in [0, 0.05) is 24.2 Å². The van der Waals surface area contributed by atoms with Gasteiger partial charge in [-0.15, -0.1) is 5.10 Å². The van der Waals surface area contributed by atoms with Crippen LogP contribution in [-0.4, -0.2) is 39.6 Å². The van der Waals surface area contributed by atoms with Gasteiger partial charge in [0.15, 0.2) is 0 Å². The molecule has 0 radical (unpaired) electrons. The Hall–Kier alpha value is -3.68. The third-order valence-corrected chi connectivity index (χ3v) is 4.90. The summed E-state index contributed by atoms with van der Waals surface area (Å²) in [5.74, 6) is -1.66. The number of nitrogens with zero attached hydrogens (tertiary/aromatic N) is 3. The Balaban J connectivity index is 1.51. The maximum atomic E-state index is 12.9. The third-order valence-electron chi connectivity index (χ3n) is 4.90. The fraction of sp³-hybridized carbons (Fsp3) is 0.273. The molecule has 1 atom stereocenters. The summed E-state index contributed by atoms with van der Waals surface area (Å²) in [5.41, 5.74) is 1.20. The molecular formula is C22H21N3O5. The molecule has 154 valence electrons. The van der Waals surface area contributed by atoms with E-state index in [2.05, 4.69) is 5.10 Å². The minimum Gasteiger partial charge on any atom is -0.446 e. The Morgan fingerprint density at radius 1 is 1.00 bits per heavy atom. The van der Waals surface area contributed by atoms with Crippen LogP contribution in [0.4, 0.5) is 0 Å². The molecule has 0 N–H and O–H groups in total. The summed E-state index contributed by atoms with van der Waals surface area (Å²) < 4.78 is 11.5. The number of hydrogen-bond acceptors (Lipinski definition) is 6. The highest BCUT2D eigenvalue weighted by atomic mass is 16.5. The second kappa shape index (κ2) is 8.77. The zero-order chi connectivity index (χ0) is 20.9. The highest BCUT2D eigenvalue weighted by Crippen LogP contribution is 2.23. The second-order valence-electron chi connectivity index (χ2n) is 7.01. The predicted molar refractivity (Wildman–Crippen MR) is 107 cm³/mol. The van der Waals surface area contributed by atoms with E-state index in [4.69, 9.17) is 9.15 Å². The summed E-state index contributed by atoms with van der Waals surface area (Å²) in [6.45, 7) is 0.831. The van der Waals surface area contributed by atoms with Gasteiger partial charge in [0.1, 0.15) is 6.54 Å². The topological polar surface area (TPSA) is 94.6 Å². The summed E-state index contributed by atoms with van der Waals surface area (Å²) in [7, 11) is 0. The summed E-state index contributed by atoms with van der Waals surface area (Å²) >= 11 is 0. The molecule has 1 fully saturated rings. The number of carbonyl (C=O) groups excluding carboxylic acids is 2. The zero-order valence-electron chi connectivity index (χ0n) is 16.3. The average Bonchev–Trinajstić information content (AvgIpc) is 3.43. The number of likely N-dealkylation sites (tertiary alicyclic amines) is 1. The zero-order valence-corrected chi connectivity index (χ0v) is 16.3. The Morgan fingerprint density at radius 3 is 2.30 bits per heavy atom.